The summed E-state index contributed by atoms with van der Waals surface area (Å²) in [5.74, 6) is 2.06. The Morgan fingerprint density at radius 3 is 2.31 bits per heavy atom. The first-order valence-electron chi connectivity index (χ1n) is 12.1. The lowest BCUT2D eigenvalue weighted by Crippen LogP contribution is -2.32. The van der Waals surface area contributed by atoms with E-state index in [1.807, 2.05) is 86.6 Å². The number of ether oxygens (including phenoxy) is 3. The second-order valence-corrected chi connectivity index (χ2v) is 8.57. The Labute approximate surface area is 217 Å². The maximum atomic E-state index is 13.0. The molecule has 0 bridgehead atoms. The Hall–Kier alpha value is -3.84. The number of nitrogens with one attached hydrogen (secondary N) is 1. The van der Waals surface area contributed by atoms with Gasteiger partial charge in [0, 0.05) is 6.54 Å². The van der Waals surface area contributed by atoms with Crippen LogP contribution in [0.1, 0.15) is 30.5 Å². The van der Waals surface area contributed by atoms with Crippen LogP contribution in [-0.2, 0) is 17.8 Å². The fourth-order valence-electron chi connectivity index (χ4n) is 3.83. The number of carbonyl (C=O) groups excluding carboxylic acids is 1. The molecule has 0 unspecified atom stereocenters. The maximum absolute atomic E-state index is 13.0. The third kappa shape index (κ3) is 6.43. The van der Waals surface area contributed by atoms with E-state index in [1.165, 1.54) is 0 Å². The van der Waals surface area contributed by atoms with Gasteiger partial charge in [0.15, 0.2) is 16.6 Å². The van der Waals surface area contributed by atoms with Crippen molar-refractivity contribution in [2.45, 2.75) is 26.9 Å². The molecule has 1 aliphatic rings. The molecule has 1 saturated heterocycles. The maximum Gasteiger partial charge on any atom is 0.276 e. The Kier molecular flexibility index (Phi) is 8.57. The van der Waals surface area contributed by atoms with Gasteiger partial charge in [0.25, 0.3) is 5.91 Å². The molecular weight excluding hydrogens is 472 g/mol. The Morgan fingerprint density at radius 1 is 0.861 bits per heavy atom. The highest BCUT2D eigenvalue weighted by Gasteiger charge is 2.30. The minimum Gasteiger partial charge on any atom is -0.490 e. The third-order valence-corrected chi connectivity index (χ3v) is 5.96. The summed E-state index contributed by atoms with van der Waals surface area (Å²) in [6, 6.07) is 23.5. The molecule has 0 aromatic heterocycles. The van der Waals surface area contributed by atoms with Crippen LogP contribution in [0.25, 0.3) is 6.08 Å². The van der Waals surface area contributed by atoms with E-state index in [1.54, 1.807) is 11.0 Å². The first-order chi connectivity index (χ1) is 17.6. The molecule has 4 rings (SSSR count). The Balaban J connectivity index is 1.36. The summed E-state index contributed by atoms with van der Waals surface area (Å²) in [4.78, 5) is 14.6. The van der Waals surface area contributed by atoms with E-state index in [0.29, 0.717) is 49.3 Å². The van der Waals surface area contributed by atoms with Crippen molar-refractivity contribution in [2.24, 2.45) is 0 Å². The van der Waals surface area contributed by atoms with Gasteiger partial charge < -0.3 is 19.5 Å². The number of benzene rings is 3. The quantitative estimate of drug-likeness (QED) is 0.281. The molecule has 0 radical (unpaired) electrons. The van der Waals surface area contributed by atoms with Crippen LogP contribution < -0.4 is 19.5 Å². The van der Waals surface area contributed by atoms with Crippen LogP contribution in [0, 0.1) is 0 Å². The van der Waals surface area contributed by atoms with Crippen molar-refractivity contribution in [3.63, 3.8) is 0 Å². The van der Waals surface area contributed by atoms with Gasteiger partial charge in [-0.2, -0.15) is 0 Å². The summed E-state index contributed by atoms with van der Waals surface area (Å²) in [5, 5.41) is 3.46. The molecule has 0 spiro atoms. The van der Waals surface area contributed by atoms with Crippen molar-refractivity contribution in [1.82, 2.24) is 10.2 Å². The monoisotopic (exact) mass is 502 g/mol. The molecule has 3 aromatic carbocycles. The lowest BCUT2D eigenvalue weighted by atomic mass is 10.1. The number of hydrogen-bond donors (Lipinski definition) is 1. The topological polar surface area (TPSA) is 60.0 Å². The number of nitrogens with zero attached hydrogens (tertiary/aromatic N) is 1. The second kappa shape index (κ2) is 12.2. The van der Waals surface area contributed by atoms with Crippen LogP contribution in [0.5, 0.6) is 17.2 Å². The summed E-state index contributed by atoms with van der Waals surface area (Å²) < 4.78 is 17.2. The minimum absolute atomic E-state index is 0.139. The smallest absolute Gasteiger partial charge is 0.276 e. The molecule has 1 amide bonds. The molecule has 3 aromatic rings. The molecule has 0 aliphatic carbocycles. The van der Waals surface area contributed by atoms with Crippen LogP contribution in [-0.4, -0.2) is 35.7 Å². The van der Waals surface area contributed by atoms with Crippen LogP contribution in [0.15, 0.2) is 78.5 Å². The number of thiocarbonyl (C=S) groups is 1. The van der Waals surface area contributed by atoms with Crippen molar-refractivity contribution in [3.8, 4) is 17.2 Å². The number of amides is 1. The molecule has 7 heteroatoms. The highest BCUT2D eigenvalue weighted by Crippen LogP contribution is 2.29. The van der Waals surface area contributed by atoms with Crippen molar-refractivity contribution in [3.05, 3.63) is 95.2 Å². The number of rotatable bonds is 11. The molecule has 1 N–H and O–H groups in total. The summed E-state index contributed by atoms with van der Waals surface area (Å²) in [7, 11) is 0. The van der Waals surface area contributed by atoms with Gasteiger partial charge in [0.05, 0.1) is 13.2 Å². The fourth-order valence-corrected chi connectivity index (χ4v) is 4.12. The van der Waals surface area contributed by atoms with E-state index >= 15 is 0 Å². The van der Waals surface area contributed by atoms with Crippen LogP contribution in [0.2, 0.25) is 0 Å². The van der Waals surface area contributed by atoms with Gasteiger partial charge >= 0.3 is 0 Å². The van der Waals surface area contributed by atoms with Gasteiger partial charge in [0.1, 0.15) is 18.1 Å². The van der Waals surface area contributed by atoms with E-state index in [2.05, 4.69) is 5.32 Å². The zero-order chi connectivity index (χ0) is 25.3. The highest BCUT2D eigenvalue weighted by molar-refractivity contribution is 7.80. The molecule has 1 aliphatic heterocycles. The standard InChI is InChI=1S/C29H30N2O4S/c1-3-33-26-15-12-22(19-27(26)34-4-2)16-17-31-28(32)25(30-29(31)36)18-21-10-13-24(14-11-21)35-20-23-8-6-5-7-9-23/h5-15,18-19H,3-4,16-17,20H2,1-2H3,(H,30,36)/b25-18+. The van der Waals surface area contributed by atoms with Gasteiger partial charge in [-0.05, 0) is 79.5 Å². The van der Waals surface area contributed by atoms with Gasteiger partial charge in [0.2, 0.25) is 0 Å². The molecule has 36 heavy (non-hydrogen) atoms. The largest absolute Gasteiger partial charge is 0.490 e. The van der Waals surface area contributed by atoms with Crippen molar-refractivity contribution < 1.29 is 19.0 Å². The van der Waals surface area contributed by atoms with E-state index < -0.39 is 0 Å². The molecule has 0 atom stereocenters. The van der Waals surface area contributed by atoms with E-state index in [4.69, 9.17) is 26.4 Å². The molecule has 6 nitrogen and oxygen atoms in total. The summed E-state index contributed by atoms with van der Waals surface area (Å²) in [6.07, 6.45) is 2.44. The van der Waals surface area contributed by atoms with Crippen molar-refractivity contribution >= 4 is 29.3 Å². The summed E-state index contributed by atoms with van der Waals surface area (Å²) in [5.41, 5.74) is 3.49. The highest BCUT2D eigenvalue weighted by atomic mass is 32.1. The first kappa shape index (κ1) is 25.3. The average molecular weight is 503 g/mol. The molecule has 0 saturated carbocycles. The predicted molar refractivity (Wildman–Crippen MR) is 145 cm³/mol. The normalized spacial score (nSPS) is 14.2. The van der Waals surface area contributed by atoms with E-state index in [-0.39, 0.29) is 5.91 Å². The Bertz CT molecular complexity index is 1230. The molecular formula is C29H30N2O4S. The predicted octanol–water partition coefficient (Wildman–Crippen LogP) is 5.36. The van der Waals surface area contributed by atoms with Crippen molar-refractivity contribution in [2.75, 3.05) is 19.8 Å². The van der Waals surface area contributed by atoms with Crippen LogP contribution >= 0.6 is 12.2 Å². The zero-order valence-corrected chi connectivity index (χ0v) is 21.3. The number of carbonyl (C=O) groups is 1. The zero-order valence-electron chi connectivity index (χ0n) is 20.5. The van der Waals surface area contributed by atoms with Gasteiger partial charge in [-0.3, -0.25) is 9.69 Å². The van der Waals surface area contributed by atoms with Gasteiger partial charge in [-0.15, -0.1) is 0 Å². The molecule has 1 fully saturated rings. The molecule has 1 heterocycles. The summed E-state index contributed by atoms with van der Waals surface area (Å²) in [6.45, 7) is 5.97. The SMILES string of the molecule is CCOc1ccc(CCN2C(=O)/C(=C\c3ccc(OCc4ccccc4)cc3)NC2=S)cc1OCC. The van der Waals surface area contributed by atoms with Gasteiger partial charge in [-0.1, -0.05) is 48.5 Å². The lowest BCUT2D eigenvalue weighted by molar-refractivity contribution is -0.122. The van der Waals surface area contributed by atoms with E-state index in [0.717, 1.165) is 28.2 Å². The van der Waals surface area contributed by atoms with Gasteiger partial charge in [-0.25, -0.2) is 0 Å². The Morgan fingerprint density at radius 2 is 1.58 bits per heavy atom. The number of hydrogen-bond acceptors (Lipinski definition) is 5. The summed E-state index contributed by atoms with van der Waals surface area (Å²) >= 11 is 5.44. The van der Waals surface area contributed by atoms with Crippen LogP contribution in [0.3, 0.4) is 0 Å². The lowest BCUT2D eigenvalue weighted by Gasteiger charge is -2.15. The average Bonchev–Trinajstić information content (AvgIpc) is 3.16. The minimum atomic E-state index is -0.139. The van der Waals surface area contributed by atoms with E-state index in [9.17, 15) is 4.79 Å². The third-order valence-electron chi connectivity index (χ3n) is 5.63. The fraction of sp³-hybridized carbons (Fsp3) is 0.241. The van der Waals surface area contributed by atoms with Crippen molar-refractivity contribution in [1.29, 1.82) is 0 Å². The molecule has 186 valence electrons. The second-order valence-electron chi connectivity index (χ2n) is 8.19. The first-order valence-corrected chi connectivity index (χ1v) is 12.5. The van der Waals surface area contributed by atoms with Crippen LogP contribution in [0.4, 0.5) is 0 Å².